The fourth-order valence-corrected chi connectivity index (χ4v) is 1.75. The van der Waals surface area contributed by atoms with Gasteiger partial charge in [0.1, 0.15) is 11.3 Å². The van der Waals surface area contributed by atoms with Crippen LogP contribution in [0.5, 0.6) is 0 Å². The number of nitrogens with one attached hydrogen (secondary N) is 1. The zero-order valence-corrected chi connectivity index (χ0v) is 15.9. The maximum atomic E-state index is 13.0. The van der Waals surface area contributed by atoms with Gasteiger partial charge in [-0.2, -0.15) is 13.2 Å². The lowest BCUT2D eigenvalue weighted by Crippen LogP contribution is -2.25. The summed E-state index contributed by atoms with van der Waals surface area (Å²) < 4.78 is 52.7. The summed E-state index contributed by atoms with van der Waals surface area (Å²) in [5.74, 6) is -1.82. The van der Waals surface area contributed by atoms with Crippen LogP contribution in [-0.4, -0.2) is 42.2 Å². The molecule has 0 spiro atoms. The highest BCUT2D eigenvalue weighted by Gasteiger charge is 2.38. The van der Waals surface area contributed by atoms with Crippen LogP contribution >= 0.6 is 0 Å². The van der Waals surface area contributed by atoms with Gasteiger partial charge in [0.2, 0.25) is 0 Å². The average molecular weight is 395 g/mol. The van der Waals surface area contributed by atoms with Gasteiger partial charge in [-0.25, -0.2) is 4.79 Å². The number of alkyl halides is 3. The Morgan fingerprint density at radius 2 is 1.74 bits per heavy atom. The maximum Gasteiger partial charge on any atom is 0.418 e. The van der Waals surface area contributed by atoms with Gasteiger partial charge < -0.3 is 19.2 Å². The van der Waals surface area contributed by atoms with Crippen molar-refractivity contribution in [3.63, 3.8) is 0 Å². The summed E-state index contributed by atoms with van der Waals surface area (Å²) >= 11 is 0. The van der Waals surface area contributed by atoms with E-state index >= 15 is 0 Å². The molecule has 27 heavy (non-hydrogen) atoms. The number of carbonyl (C=O) groups excluding carboxylic acids is 3. The summed E-state index contributed by atoms with van der Waals surface area (Å²) in [6.07, 6.45) is -5.13. The number of aromatic amines is 1. The first-order valence-corrected chi connectivity index (χ1v) is 8.08. The van der Waals surface area contributed by atoms with Gasteiger partial charge in [0, 0.05) is 5.69 Å². The Hall–Kier alpha value is -2.52. The minimum atomic E-state index is -4.74. The second-order valence-corrected chi connectivity index (χ2v) is 6.12. The lowest BCUT2D eigenvalue weighted by atomic mass is 10.2. The fourth-order valence-electron chi connectivity index (χ4n) is 1.75. The fraction of sp³-hybridized carbons (Fsp3) is 0.588. The summed E-state index contributed by atoms with van der Waals surface area (Å²) in [7, 11) is 0. The SMILES string of the molecule is CCOC(=O)Cc1cc(C(F)(F)F)c(C(=O)OC(C)(C)C)[nH]1.CCOC=O. The molecule has 1 aromatic rings. The molecule has 1 aromatic heterocycles. The molecule has 0 fully saturated rings. The van der Waals surface area contributed by atoms with Crippen molar-refractivity contribution in [2.45, 2.75) is 52.8 Å². The maximum absolute atomic E-state index is 13.0. The van der Waals surface area contributed by atoms with E-state index in [-0.39, 0.29) is 18.7 Å². The third-order valence-electron chi connectivity index (χ3n) is 2.66. The Bertz CT molecular complexity index is 632. The van der Waals surface area contributed by atoms with Gasteiger partial charge in [-0.1, -0.05) is 0 Å². The third kappa shape index (κ3) is 9.66. The van der Waals surface area contributed by atoms with Crippen LogP contribution in [0.4, 0.5) is 13.2 Å². The number of ether oxygens (including phenoxy) is 3. The van der Waals surface area contributed by atoms with Gasteiger partial charge >= 0.3 is 18.1 Å². The predicted octanol–water partition coefficient (Wildman–Crippen LogP) is 3.27. The Balaban J connectivity index is 0.00000119. The van der Waals surface area contributed by atoms with E-state index in [0.29, 0.717) is 13.1 Å². The van der Waals surface area contributed by atoms with E-state index in [1.54, 1.807) is 34.6 Å². The van der Waals surface area contributed by atoms with Crippen LogP contribution in [0.3, 0.4) is 0 Å². The number of hydrogen-bond acceptors (Lipinski definition) is 6. The monoisotopic (exact) mass is 395 g/mol. The van der Waals surface area contributed by atoms with Crippen molar-refractivity contribution in [1.82, 2.24) is 4.98 Å². The number of aromatic nitrogens is 1. The third-order valence-corrected chi connectivity index (χ3v) is 2.66. The summed E-state index contributed by atoms with van der Waals surface area (Å²) in [5.41, 5.74) is -2.89. The molecule has 1 heterocycles. The van der Waals surface area contributed by atoms with Gasteiger partial charge in [-0.3, -0.25) is 9.59 Å². The minimum Gasteiger partial charge on any atom is -0.468 e. The lowest BCUT2D eigenvalue weighted by molar-refractivity contribution is -0.142. The molecular formula is C17H24F3NO6. The van der Waals surface area contributed by atoms with Crippen LogP contribution in [0.25, 0.3) is 0 Å². The number of rotatable bonds is 6. The Morgan fingerprint density at radius 3 is 2.11 bits per heavy atom. The highest BCUT2D eigenvalue weighted by atomic mass is 19.4. The summed E-state index contributed by atoms with van der Waals surface area (Å²) in [6, 6.07) is 0.718. The molecule has 0 bridgehead atoms. The highest BCUT2D eigenvalue weighted by molar-refractivity contribution is 5.90. The van der Waals surface area contributed by atoms with E-state index in [2.05, 4.69) is 14.5 Å². The lowest BCUT2D eigenvalue weighted by Gasteiger charge is -2.19. The molecule has 0 unspecified atom stereocenters. The molecule has 0 amide bonds. The molecule has 0 aliphatic heterocycles. The first-order chi connectivity index (χ1) is 12.4. The molecule has 7 nitrogen and oxygen atoms in total. The zero-order chi connectivity index (χ0) is 21.3. The smallest absolute Gasteiger partial charge is 0.418 e. The number of carbonyl (C=O) groups is 3. The van der Waals surface area contributed by atoms with Crippen LogP contribution in [0, 0.1) is 0 Å². The Morgan fingerprint density at radius 1 is 1.15 bits per heavy atom. The van der Waals surface area contributed by atoms with E-state index in [4.69, 9.17) is 4.74 Å². The first kappa shape index (κ1) is 24.5. The summed E-state index contributed by atoms with van der Waals surface area (Å²) in [5, 5.41) is 0. The van der Waals surface area contributed by atoms with E-state index in [1.165, 1.54) is 0 Å². The molecule has 154 valence electrons. The van der Waals surface area contributed by atoms with Crippen LogP contribution in [0.15, 0.2) is 6.07 Å². The second-order valence-electron chi connectivity index (χ2n) is 6.12. The first-order valence-electron chi connectivity index (χ1n) is 8.08. The van der Waals surface area contributed by atoms with Crippen molar-refractivity contribution < 1.29 is 41.8 Å². The Labute approximate surface area is 155 Å². The van der Waals surface area contributed by atoms with Crippen molar-refractivity contribution in [2.24, 2.45) is 0 Å². The molecule has 1 rings (SSSR count). The molecule has 1 N–H and O–H groups in total. The van der Waals surface area contributed by atoms with Crippen molar-refractivity contribution in [2.75, 3.05) is 13.2 Å². The summed E-state index contributed by atoms with van der Waals surface area (Å²) in [6.45, 7) is 8.99. The zero-order valence-electron chi connectivity index (χ0n) is 15.9. The molecule has 0 atom stereocenters. The van der Waals surface area contributed by atoms with Crippen molar-refractivity contribution in [3.05, 3.63) is 23.0 Å². The molecule has 0 radical (unpaired) electrons. The quantitative estimate of drug-likeness (QED) is 0.451. The van der Waals surface area contributed by atoms with E-state index in [9.17, 15) is 27.6 Å². The topological polar surface area (TPSA) is 94.7 Å². The minimum absolute atomic E-state index is 0.0633. The van der Waals surface area contributed by atoms with Gasteiger partial charge in [0.05, 0.1) is 25.2 Å². The standard InChI is InChI=1S/C14H18F3NO4.C3H6O2/c1-5-21-10(19)7-8-6-9(14(15,16)17)11(18-8)12(20)22-13(2,3)4;1-2-5-3-4/h6,18H,5,7H2,1-4H3;3H,2H2,1H3. The van der Waals surface area contributed by atoms with Crippen LogP contribution in [0.1, 0.15) is 56.4 Å². The van der Waals surface area contributed by atoms with Gasteiger partial charge in [0.25, 0.3) is 6.47 Å². The van der Waals surface area contributed by atoms with E-state index < -0.39 is 35.0 Å². The molecule has 0 saturated carbocycles. The van der Waals surface area contributed by atoms with Crippen molar-refractivity contribution in [3.8, 4) is 0 Å². The molecule has 0 saturated heterocycles. The van der Waals surface area contributed by atoms with Crippen LogP contribution in [0.2, 0.25) is 0 Å². The summed E-state index contributed by atoms with van der Waals surface area (Å²) in [4.78, 5) is 34.7. The highest BCUT2D eigenvalue weighted by Crippen LogP contribution is 2.33. The van der Waals surface area contributed by atoms with E-state index in [1.807, 2.05) is 0 Å². The average Bonchev–Trinajstić information content (AvgIpc) is 2.91. The number of halogens is 3. The number of esters is 2. The molecule has 0 aliphatic carbocycles. The van der Waals surface area contributed by atoms with Gasteiger partial charge in [-0.15, -0.1) is 0 Å². The van der Waals surface area contributed by atoms with Crippen molar-refractivity contribution >= 4 is 18.4 Å². The largest absolute Gasteiger partial charge is 0.468 e. The van der Waals surface area contributed by atoms with Crippen LogP contribution in [-0.2, 0) is 36.4 Å². The molecular weight excluding hydrogens is 371 g/mol. The number of H-pyrrole nitrogens is 1. The second kappa shape index (κ2) is 10.6. The van der Waals surface area contributed by atoms with Gasteiger partial charge in [-0.05, 0) is 40.7 Å². The molecule has 0 aromatic carbocycles. The van der Waals surface area contributed by atoms with Gasteiger partial charge in [0.15, 0.2) is 0 Å². The normalized spacial score (nSPS) is 11.1. The molecule has 0 aliphatic rings. The Kier molecular flexibility index (Phi) is 9.60. The van der Waals surface area contributed by atoms with Crippen molar-refractivity contribution in [1.29, 1.82) is 0 Å². The van der Waals surface area contributed by atoms with E-state index in [0.717, 1.165) is 6.07 Å². The molecule has 10 heteroatoms. The predicted molar refractivity (Wildman–Crippen MR) is 89.0 cm³/mol. The van der Waals surface area contributed by atoms with Crippen LogP contribution < -0.4 is 0 Å². The number of hydrogen-bond donors (Lipinski definition) is 1.